The van der Waals surface area contributed by atoms with Crippen molar-refractivity contribution in [2.75, 3.05) is 9.80 Å². The summed E-state index contributed by atoms with van der Waals surface area (Å²) in [5.74, 6) is -1.28. The van der Waals surface area contributed by atoms with Crippen LogP contribution in [0.1, 0.15) is 118 Å². The Bertz CT molecular complexity index is 5580. The molecule has 14 aromatic rings. The molecule has 0 saturated heterocycles. The fourth-order valence-electron chi connectivity index (χ4n) is 18.8. The summed E-state index contributed by atoms with van der Waals surface area (Å²) in [4.78, 5) is 4.30. The van der Waals surface area contributed by atoms with Crippen LogP contribution in [0, 0.1) is 34.9 Å². The minimum Gasteiger partial charge on any atom is -0.457 e. The number of fused-ring (bicyclic) bond motifs is 10. The first kappa shape index (κ1) is 68.2. The van der Waals surface area contributed by atoms with Gasteiger partial charge in [-0.2, -0.15) is 0 Å². The van der Waals surface area contributed by atoms with Crippen LogP contribution >= 0.6 is 0 Å². The number of nitrogens with zero attached hydrogens (tertiary/aromatic N) is 2. The fourth-order valence-corrected chi connectivity index (χ4v) is 18.8. The van der Waals surface area contributed by atoms with Gasteiger partial charge < -0.3 is 19.3 Å². The molecule has 0 fully saturated rings. The van der Waals surface area contributed by atoms with Crippen molar-refractivity contribution in [2.24, 2.45) is 0 Å². The van der Waals surface area contributed by atoms with Crippen LogP contribution in [0.5, 0.6) is 23.0 Å². The molecule has 0 heterocycles. The number of ether oxygens (including phenoxy) is 2. The highest BCUT2D eigenvalue weighted by Crippen LogP contribution is 2.66. The fraction of sp³-hybridized carbons (Fsp3) is 0.111. The molecule has 4 aliphatic rings. The molecule has 0 aliphatic heterocycles. The summed E-state index contributed by atoms with van der Waals surface area (Å²) in [6, 6.07) is 93.2. The molecule has 2 unspecified atom stereocenters. The Labute approximate surface area is 630 Å². The minimum atomic E-state index is -1.27. The van der Waals surface area contributed by atoms with Crippen LogP contribution in [0.25, 0.3) is 34.4 Å². The van der Waals surface area contributed by atoms with E-state index in [0.29, 0.717) is 45.5 Å². The predicted molar refractivity (Wildman–Crippen MR) is 426 cm³/mol. The lowest BCUT2D eigenvalue weighted by Gasteiger charge is -2.35. The zero-order valence-electron chi connectivity index (χ0n) is 60.3. The first-order valence-corrected chi connectivity index (χ1v) is 36.6. The molecule has 0 saturated carbocycles. The number of benzene rings is 14. The third-order valence-corrected chi connectivity index (χ3v) is 23.1. The van der Waals surface area contributed by atoms with E-state index in [1.54, 1.807) is 36.4 Å². The minimum absolute atomic E-state index is 0.356. The monoisotopic (exact) mass is 1430 g/mol. The van der Waals surface area contributed by atoms with Gasteiger partial charge in [-0.05, 0) is 294 Å². The van der Waals surface area contributed by atoms with Crippen LogP contribution < -0.4 is 19.3 Å². The van der Waals surface area contributed by atoms with Crippen LogP contribution in [0.2, 0.25) is 0 Å². The van der Waals surface area contributed by atoms with Gasteiger partial charge in [0, 0.05) is 51.7 Å². The molecule has 10 heteroatoms. The Hall–Kier alpha value is -12.7. The second-order valence-electron chi connectivity index (χ2n) is 30.5. The molecular weight excluding hydrogens is 1360 g/mol. The molecule has 0 aromatic heterocycles. The molecule has 18 rings (SSSR count). The maximum Gasteiger partial charge on any atom is 0.127 e. The lowest BCUT2D eigenvalue weighted by molar-refractivity contribution is 0.349. The molecule has 14 aromatic carbocycles. The van der Waals surface area contributed by atoms with Crippen molar-refractivity contribution in [3.05, 3.63) is 429 Å². The summed E-state index contributed by atoms with van der Waals surface area (Å²) >= 11 is 0. The summed E-state index contributed by atoms with van der Waals surface area (Å²) in [5, 5.41) is 0. The number of hydrogen-bond acceptors (Lipinski definition) is 4. The molecule has 532 valence electrons. The summed E-state index contributed by atoms with van der Waals surface area (Å²) in [5.41, 5.74) is 16.2. The van der Waals surface area contributed by atoms with Gasteiger partial charge in [0.15, 0.2) is 0 Å². The van der Waals surface area contributed by atoms with Crippen LogP contribution in [0.3, 0.4) is 0 Å². The molecule has 0 amide bonds. The zero-order valence-corrected chi connectivity index (χ0v) is 60.3. The van der Waals surface area contributed by atoms with E-state index in [1.807, 2.05) is 133 Å². The van der Waals surface area contributed by atoms with E-state index in [2.05, 4.69) is 136 Å². The highest BCUT2D eigenvalue weighted by molar-refractivity contribution is 5.92. The maximum absolute atomic E-state index is 16.2. The van der Waals surface area contributed by atoms with Gasteiger partial charge in [0.1, 0.15) is 57.9 Å². The van der Waals surface area contributed by atoms with Gasteiger partial charge in [-0.3, -0.25) is 0 Å². The van der Waals surface area contributed by atoms with Crippen molar-refractivity contribution in [3.8, 4) is 45.3 Å². The molecule has 2 atom stereocenters. The van der Waals surface area contributed by atoms with Gasteiger partial charge in [-0.25, -0.2) is 26.3 Å². The van der Waals surface area contributed by atoms with Crippen molar-refractivity contribution in [2.45, 2.75) is 67.6 Å². The highest BCUT2D eigenvalue weighted by Gasteiger charge is 2.57. The molecule has 0 N–H and O–H groups in total. The van der Waals surface area contributed by atoms with Gasteiger partial charge in [0.25, 0.3) is 0 Å². The van der Waals surface area contributed by atoms with Gasteiger partial charge in [0.2, 0.25) is 0 Å². The predicted octanol–water partition coefficient (Wildman–Crippen LogP) is 26.7. The van der Waals surface area contributed by atoms with Crippen molar-refractivity contribution in [1.29, 1.82) is 0 Å². The average Bonchev–Trinajstić information content (AvgIpc) is 1.55. The molecule has 0 bridgehead atoms. The van der Waals surface area contributed by atoms with Crippen molar-refractivity contribution < 1.29 is 35.8 Å². The Morgan fingerprint density at radius 2 is 0.578 bits per heavy atom. The second-order valence-corrected chi connectivity index (χ2v) is 30.5. The topological polar surface area (TPSA) is 24.9 Å². The summed E-state index contributed by atoms with van der Waals surface area (Å²) in [7, 11) is 0. The SMILES string of the molecule is C=Cc1ccc(Oc2ccc(C3(c4cc(F)cc(F)c4)c4ccccc4-c4ccc(N(c5ccc(F)cc5)c5ccc6c(c5)C5(CC6(C)C)CC(C)(C)c6ccc(N(c7ccc(F)cc7)c7ccc8c(c7)C(c7ccc(Oc9ccc(C=C)cc9)cc7)(c7cc(F)cc(F)c7)c7ccccc7-8)cc65)cc43)cc2)cc1. The van der Waals surface area contributed by atoms with Gasteiger partial charge in [-0.15, -0.1) is 0 Å². The lowest BCUT2D eigenvalue weighted by atomic mass is 9.67. The Balaban J connectivity index is 0.792. The largest absolute Gasteiger partial charge is 0.457 e. The van der Waals surface area contributed by atoms with Crippen molar-refractivity contribution >= 4 is 46.3 Å². The molecular formula is C99H72F6N2O2. The third kappa shape index (κ3) is 11.1. The number of anilines is 6. The first-order chi connectivity index (χ1) is 52.7. The maximum atomic E-state index is 16.2. The molecule has 1 spiro atoms. The molecule has 0 radical (unpaired) electrons. The standard InChI is InChI=1S/C99H72F6N2O2/c1-7-61-17-37-79(38-18-61)108-81-41-21-63(22-42-81)98(65-49-69(102)53-70(103)50-65)87-15-11-9-13-83(87)85-45-33-75(55-91(85)98)106(73-29-25-67(100)26-30-73)77-35-47-89-93(57-77)97(59-95(89,3)4)60-96(5,6)90-48-36-78(58-94(90)97)107(74-31-27-68(101)28-32-74)76-34-46-86-84-14-10-12-16-88(84)99(92(86)56-76,66-51-71(104)54-72(105)52-66)64-23-43-82(44-24-64)109-80-39-19-62(8-2)20-40-80/h7-58H,1-2,59-60H2,3-6H3. The second kappa shape index (κ2) is 25.8. The van der Waals surface area contributed by atoms with E-state index in [9.17, 15) is 0 Å². The molecule has 4 nitrogen and oxygen atoms in total. The third-order valence-electron chi connectivity index (χ3n) is 23.1. The van der Waals surface area contributed by atoms with E-state index < -0.39 is 51.1 Å². The summed E-state index contributed by atoms with van der Waals surface area (Å²) in [6.07, 6.45) is 5.03. The Kier molecular flexibility index (Phi) is 16.1. The number of halogens is 6. The molecule has 109 heavy (non-hydrogen) atoms. The first-order valence-electron chi connectivity index (χ1n) is 36.6. The van der Waals surface area contributed by atoms with Gasteiger partial charge in [-0.1, -0.05) is 174 Å². The van der Waals surface area contributed by atoms with Crippen molar-refractivity contribution in [1.82, 2.24) is 0 Å². The van der Waals surface area contributed by atoms with Crippen LogP contribution in [-0.4, -0.2) is 0 Å². The van der Waals surface area contributed by atoms with E-state index in [0.717, 1.165) is 126 Å². The molecule has 4 aliphatic carbocycles. The quantitative estimate of drug-likeness (QED) is 0.0900. The number of hydrogen-bond donors (Lipinski definition) is 0. The Morgan fingerprint density at radius 3 is 0.927 bits per heavy atom. The van der Waals surface area contributed by atoms with E-state index in [4.69, 9.17) is 9.47 Å². The average molecular weight is 1440 g/mol. The van der Waals surface area contributed by atoms with Gasteiger partial charge >= 0.3 is 0 Å². The number of rotatable bonds is 16. The normalized spacial score (nSPS) is 17.7. The summed E-state index contributed by atoms with van der Waals surface area (Å²) < 4.78 is 108. The van der Waals surface area contributed by atoms with Crippen LogP contribution in [0.4, 0.5) is 60.5 Å². The van der Waals surface area contributed by atoms with Crippen LogP contribution in [0.15, 0.2) is 316 Å². The highest BCUT2D eigenvalue weighted by atomic mass is 19.2. The van der Waals surface area contributed by atoms with E-state index >= 15 is 26.3 Å². The van der Waals surface area contributed by atoms with Crippen molar-refractivity contribution in [3.63, 3.8) is 0 Å². The van der Waals surface area contributed by atoms with E-state index in [-0.39, 0.29) is 10.8 Å². The Morgan fingerprint density at radius 1 is 0.275 bits per heavy atom. The van der Waals surface area contributed by atoms with Gasteiger partial charge in [0.05, 0.1) is 10.8 Å². The summed E-state index contributed by atoms with van der Waals surface area (Å²) in [6.45, 7) is 17.0. The smallest absolute Gasteiger partial charge is 0.127 e. The van der Waals surface area contributed by atoms with E-state index in [1.165, 1.54) is 59.7 Å². The zero-order chi connectivity index (χ0) is 74.9. The lowest BCUT2D eigenvalue weighted by Crippen LogP contribution is -2.29. The van der Waals surface area contributed by atoms with Crippen LogP contribution in [-0.2, 0) is 27.1 Å².